The molecule has 0 aliphatic heterocycles. The van der Waals surface area contributed by atoms with Gasteiger partial charge in [0.25, 0.3) is 0 Å². The molecule has 3 aliphatic carbocycles. The van der Waals surface area contributed by atoms with Crippen LogP contribution in [0.4, 0.5) is 0 Å². The number of rotatable bonds is 3. The molecule has 2 bridgehead atoms. The summed E-state index contributed by atoms with van der Waals surface area (Å²) in [5.74, 6) is 0.999. The number of aromatic nitrogens is 2. The van der Waals surface area contributed by atoms with Crippen molar-refractivity contribution in [3.05, 3.63) is 121 Å². The molecule has 3 aromatic carbocycles. The maximum absolute atomic E-state index is 4.59. The Labute approximate surface area is 253 Å². The maximum Gasteiger partial charge on any atom is 0.0277 e. The van der Waals surface area contributed by atoms with Crippen LogP contribution in [0.3, 0.4) is 0 Å². The van der Waals surface area contributed by atoms with E-state index in [0.717, 1.165) is 28.4 Å². The minimum absolute atomic E-state index is 0. The molecule has 0 saturated heterocycles. The molecule has 0 unspecified atom stereocenters. The molecule has 3 fully saturated rings. The van der Waals surface area contributed by atoms with Gasteiger partial charge in [-0.15, -0.1) is 59.7 Å². The zero-order chi connectivity index (χ0) is 26.1. The van der Waals surface area contributed by atoms with E-state index in [4.69, 9.17) is 0 Å². The molecule has 3 saturated carbocycles. The number of hydrogen-bond donors (Lipinski definition) is 0. The number of nitrogens with zero attached hydrogens (tertiary/aromatic N) is 2. The van der Waals surface area contributed by atoms with E-state index >= 15 is 0 Å². The van der Waals surface area contributed by atoms with Crippen molar-refractivity contribution >= 4 is 31.5 Å². The first-order valence-corrected chi connectivity index (χ1v) is 14.8. The summed E-state index contributed by atoms with van der Waals surface area (Å²) in [6, 6.07) is 37.7. The van der Waals surface area contributed by atoms with Gasteiger partial charge in [0, 0.05) is 37.2 Å². The summed E-state index contributed by atoms with van der Waals surface area (Å²) in [7, 11) is 0. The van der Waals surface area contributed by atoms with Crippen molar-refractivity contribution in [2.75, 3.05) is 0 Å². The SMILES string of the molecule is [Ir].[c-]1ccc2c(sc3c(C45CCC(CC4)CC5)cccc32)c1-c1ccccn1.[c-]1ccccc1-c1ccccn1. The molecule has 0 spiro atoms. The summed E-state index contributed by atoms with van der Waals surface area (Å²) in [6.45, 7) is 0. The van der Waals surface area contributed by atoms with Crippen molar-refractivity contribution in [3.8, 4) is 22.5 Å². The van der Waals surface area contributed by atoms with Crippen molar-refractivity contribution in [2.45, 2.75) is 43.9 Å². The molecule has 201 valence electrons. The van der Waals surface area contributed by atoms with Crippen molar-refractivity contribution in [3.63, 3.8) is 0 Å². The Hall–Kier alpha value is -3.17. The van der Waals surface area contributed by atoms with Crippen LogP contribution in [0, 0.1) is 18.1 Å². The average Bonchev–Trinajstić information content (AvgIpc) is 3.43. The Bertz CT molecular complexity index is 1650. The first-order valence-electron chi connectivity index (χ1n) is 14.0. The Morgan fingerprint density at radius 2 is 1.35 bits per heavy atom. The first kappa shape index (κ1) is 27.0. The molecule has 0 atom stereocenters. The maximum atomic E-state index is 4.59. The smallest absolute Gasteiger partial charge is 0.0277 e. The third-order valence-electron chi connectivity index (χ3n) is 8.69. The summed E-state index contributed by atoms with van der Waals surface area (Å²) in [6.07, 6.45) is 12.1. The first-order chi connectivity index (χ1) is 19.3. The quantitative estimate of drug-likeness (QED) is 0.171. The second-order valence-electron chi connectivity index (χ2n) is 10.8. The number of hydrogen-bond acceptors (Lipinski definition) is 3. The van der Waals surface area contributed by atoms with E-state index in [-0.39, 0.29) is 20.1 Å². The van der Waals surface area contributed by atoms with Crippen LogP contribution in [-0.2, 0) is 25.5 Å². The Morgan fingerprint density at radius 1 is 0.650 bits per heavy atom. The fourth-order valence-corrected chi connectivity index (χ4v) is 8.05. The van der Waals surface area contributed by atoms with E-state index in [0.29, 0.717) is 5.41 Å². The molecule has 6 aromatic rings. The number of thiophene rings is 1. The zero-order valence-corrected chi connectivity index (χ0v) is 25.5. The van der Waals surface area contributed by atoms with Crippen LogP contribution < -0.4 is 0 Å². The molecule has 1 radical (unpaired) electrons. The largest absolute Gasteiger partial charge is 0.305 e. The second kappa shape index (κ2) is 11.7. The van der Waals surface area contributed by atoms with Crippen molar-refractivity contribution in [1.82, 2.24) is 9.97 Å². The molecule has 3 aliphatic rings. The third-order valence-corrected chi connectivity index (χ3v) is 9.97. The van der Waals surface area contributed by atoms with Crippen molar-refractivity contribution < 1.29 is 20.1 Å². The minimum atomic E-state index is 0. The molecule has 0 amide bonds. The molecular formula is C36H30IrN2S-2. The van der Waals surface area contributed by atoms with Crippen LogP contribution in [0.1, 0.15) is 44.1 Å². The van der Waals surface area contributed by atoms with Crippen LogP contribution in [0.25, 0.3) is 42.7 Å². The molecule has 3 heterocycles. The predicted molar refractivity (Wildman–Crippen MR) is 163 cm³/mol. The third kappa shape index (κ3) is 5.05. The number of fused-ring (bicyclic) bond motifs is 6. The standard InChI is InChI=1S/C25H22NS.C11H8N.Ir/c1-2-16-26-22(9-1)20-7-3-5-18-19-6-4-8-21(24(19)27-23(18)20)25-13-10-17(11-14-25)12-15-25;1-2-6-10(7-3-1)11-8-4-5-9-12-11;/h1-6,8-9,16-17H,10-15H2;1-6,8-9H;/q2*-1;. The van der Waals surface area contributed by atoms with Gasteiger partial charge in [0.15, 0.2) is 0 Å². The fraction of sp³-hybridized carbons (Fsp3) is 0.222. The van der Waals surface area contributed by atoms with Gasteiger partial charge < -0.3 is 9.97 Å². The van der Waals surface area contributed by atoms with Gasteiger partial charge in [-0.3, -0.25) is 0 Å². The normalized spacial score (nSPS) is 19.6. The van der Waals surface area contributed by atoms with E-state index in [1.807, 2.05) is 66.1 Å². The second-order valence-corrected chi connectivity index (χ2v) is 11.9. The summed E-state index contributed by atoms with van der Waals surface area (Å²) in [4.78, 5) is 8.81. The van der Waals surface area contributed by atoms with Crippen LogP contribution in [-0.4, -0.2) is 9.97 Å². The Morgan fingerprint density at radius 3 is 2.02 bits per heavy atom. The van der Waals surface area contributed by atoms with Gasteiger partial charge in [0.05, 0.1) is 0 Å². The van der Waals surface area contributed by atoms with Crippen molar-refractivity contribution in [2.24, 2.45) is 5.92 Å². The monoisotopic (exact) mass is 715 g/mol. The van der Waals surface area contributed by atoms with Crippen LogP contribution in [0.15, 0.2) is 103 Å². The van der Waals surface area contributed by atoms with Crippen LogP contribution in [0.2, 0.25) is 0 Å². The predicted octanol–water partition coefficient (Wildman–Crippen LogP) is 9.68. The van der Waals surface area contributed by atoms with Crippen molar-refractivity contribution in [1.29, 1.82) is 0 Å². The number of benzene rings is 3. The Kier molecular flexibility index (Phi) is 7.94. The molecule has 40 heavy (non-hydrogen) atoms. The van der Waals surface area contributed by atoms with Gasteiger partial charge in [-0.2, -0.15) is 11.3 Å². The summed E-state index contributed by atoms with van der Waals surface area (Å²) >= 11 is 1.96. The molecule has 2 nitrogen and oxygen atoms in total. The summed E-state index contributed by atoms with van der Waals surface area (Å²) in [5.41, 5.74) is 6.21. The fourth-order valence-electron chi connectivity index (χ4n) is 6.61. The van der Waals surface area contributed by atoms with E-state index < -0.39 is 0 Å². The number of pyridine rings is 2. The Balaban J connectivity index is 0.000000188. The van der Waals surface area contributed by atoms with E-state index in [1.165, 1.54) is 58.7 Å². The molecule has 9 rings (SSSR count). The van der Waals surface area contributed by atoms with Gasteiger partial charge in [-0.1, -0.05) is 47.9 Å². The van der Waals surface area contributed by atoms with Gasteiger partial charge in [-0.25, -0.2) is 0 Å². The molecular weight excluding hydrogens is 685 g/mol. The molecule has 4 heteroatoms. The van der Waals surface area contributed by atoms with E-state index in [1.54, 1.807) is 11.8 Å². The summed E-state index contributed by atoms with van der Waals surface area (Å²) in [5, 5.41) is 2.78. The molecule has 0 N–H and O–H groups in total. The van der Waals surface area contributed by atoms with Gasteiger partial charge in [-0.05, 0) is 89.0 Å². The minimum Gasteiger partial charge on any atom is -0.305 e. The topological polar surface area (TPSA) is 25.8 Å². The van der Waals surface area contributed by atoms with Crippen LogP contribution in [0.5, 0.6) is 0 Å². The van der Waals surface area contributed by atoms with E-state index in [9.17, 15) is 0 Å². The summed E-state index contributed by atoms with van der Waals surface area (Å²) < 4.78 is 2.84. The van der Waals surface area contributed by atoms with E-state index in [2.05, 4.69) is 64.6 Å². The van der Waals surface area contributed by atoms with Gasteiger partial charge in [0.2, 0.25) is 0 Å². The molecule has 3 aromatic heterocycles. The zero-order valence-electron chi connectivity index (χ0n) is 22.3. The van der Waals surface area contributed by atoms with Crippen LogP contribution >= 0.6 is 11.3 Å². The van der Waals surface area contributed by atoms with Gasteiger partial charge in [0.1, 0.15) is 0 Å². The van der Waals surface area contributed by atoms with Gasteiger partial charge >= 0.3 is 0 Å². The average molecular weight is 715 g/mol.